The number of ether oxygens (including phenoxy) is 1. The molecule has 0 fully saturated rings. The molecule has 0 radical (unpaired) electrons. The quantitative estimate of drug-likeness (QED) is 0.555. The number of aliphatic hydroxyl groups is 1. The van der Waals surface area contributed by atoms with E-state index in [1.165, 1.54) is 13.0 Å². The van der Waals surface area contributed by atoms with Gasteiger partial charge in [-0.1, -0.05) is 13.0 Å². The summed E-state index contributed by atoms with van der Waals surface area (Å²) < 4.78 is 34.4. The minimum atomic E-state index is -4.39. The summed E-state index contributed by atoms with van der Waals surface area (Å²) in [7, 11) is -4.39. The van der Waals surface area contributed by atoms with Crippen LogP contribution in [0.1, 0.15) is 33.6 Å². The van der Waals surface area contributed by atoms with Gasteiger partial charge in [-0.3, -0.25) is 4.55 Å². The van der Waals surface area contributed by atoms with Gasteiger partial charge >= 0.3 is 0 Å². The molecule has 1 unspecified atom stereocenters. The van der Waals surface area contributed by atoms with E-state index in [1.807, 2.05) is 13.8 Å². The zero-order valence-electron chi connectivity index (χ0n) is 10.1. The van der Waals surface area contributed by atoms with Gasteiger partial charge in [-0.2, -0.15) is 8.42 Å². The van der Waals surface area contributed by atoms with E-state index in [0.717, 1.165) is 13.2 Å². The molecule has 0 amide bonds. The Labute approximate surface area is 97.9 Å². The normalized spacial score (nSPS) is 14.6. The van der Waals surface area contributed by atoms with E-state index in [2.05, 4.69) is 6.58 Å². The lowest BCUT2D eigenvalue weighted by atomic mass is 10.2. The second-order valence-corrected chi connectivity index (χ2v) is 4.76. The first-order valence-electron chi connectivity index (χ1n) is 5.17. The van der Waals surface area contributed by atoms with Crippen molar-refractivity contribution < 1.29 is 22.8 Å². The molecule has 0 saturated heterocycles. The highest BCUT2D eigenvalue weighted by Gasteiger charge is 2.37. The summed E-state index contributed by atoms with van der Waals surface area (Å²) in [6.45, 7) is 10.4. The van der Waals surface area contributed by atoms with Crippen LogP contribution >= 0.6 is 0 Å². The van der Waals surface area contributed by atoms with Crippen LogP contribution in [0, 0.1) is 0 Å². The predicted molar refractivity (Wildman–Crippen MR) is 63.8 cm³/mol. The Morgan fingerprint density at radius 1 is 1.31 bits per heavy atom. The molecule has 0 aromatic rings. The predicted octanol–water partition coefficient (Wildman–Crippen LogP) is 1.59. The van der Waals surface area contributed by atoms with Crippen molar-refractivity contribution in [1.29, 1.82) is 0 Å². The molecule has 98 valence electrons. The third-order valence-corrected chi connectivity index (χ3v) is 3.32. The average molecular weight is 254 g/mol. The van der Waals surface area contributed by atoms with Gasteiger partial charge in [-0.05, 0) is 20.3 Å². The van der Waals surface area contributed by atoms with Gasteiger partial charge in [0.2, 0.25) is 0 Å². The lowest BCUT2D eigenvalue weighted by Gasteiger charge is -2.20. The summed E-state index contributed by atoms with van der Waals surface area (Å²) in [5, 5.41) is 9.25. The molecule has 6 heteroatoms. The zero-order chi connectivity index (χ0) is 13.2. The molecular weight excluding hydrogens is 232 g/mol. The minimum Gasteiger partial charge on any atom is -0.382 e. The van der Waals surface area contributed by atoms with Crippen molar-refractivity contribution in [3.05, 3.63) is 12.7 Å². The maximum Gasteiger partial charge on any atom is 0.295 e. The monoisotopic (exact) mass is 254 g/mol. The Hall–Kier alpha value is -0.430. The van der Waals surface area contributed by atoms with Crippen LogP contribution in [0.15, 0.2) is 12.7 Å². The summed E-state index contributed by atoms with van der Waals surface area (Å²) in [5.41, 5.74) is 0. The fourth-order valence-corrected chi connectivity index (χ4v) is 1.55. The molecule has 0 aliphatic rings. The second-order valence-electron chi connectivity index (χ2n) is 3.05. The van der Waals surface area contributed by atoms with Gasteiger partial charge < -0.3 is 9.84 Å². The van der Waals surface area contributed by atoms with Crippen molar-refractivity contribution in [1.82, 2.24) is 0 Å². The van der Waals surface area contributed by atoms with Gasteiger partial charge in [0.25, 0.3) is 10.1 Å². The van der Waals surface area contributed by atoms with E-state index in [-0.39, 0.29) is 12.8 Å². The van der Waals surface area contributed by atoms with Crippen molar-refractivity contribution in [2.45, 2.75) is 38.5 Å². The maximum absolute atomic E-state index is 10.5. The summed E-state index contributed by atoms with van der Waals surface area (Å²) >= 11 is 0. The largest absolute Gasteiger partial charge is 0.382 e. The number of hydrogen-bond acceptors (Lipinski definition) is 4. The van der Waals surface area contributed by atoms with Crippen molar-refractivity contribution in [2.75, 3.05) is 13.2 Å². The SMILES string of the molecule is C=CCC(O)(CC)S(=O)(=O)O.CCOCC. The van der Waals surface area contributed by atoms with Crippen LogP contribution in [0.3, 0.4) is 0 Å². The molecule has 1 atom stereocenters. The molecule has 0 saturated carbocycles. The molecule has 0 aliphatic heterocycles. The van der Waals surface area contributed by atoms with Crippen molar-refractivity contribution in [3.63, 3.8) is 0 Å². The molecular formula is C10H22O5S. The fraction of sp³-hybridized carbons (Fsp3) is 0.800. The molecule has 0 rings (SSSR count). The molecule has 0 aromatic carbocycles. The number of rotatable bonds is 6. The highest BCUT2D eigenvalue weighted by Crippen LogP contribution is 2.21. The first-order valence-corrected chi connectivity index (χ1v) is 6.61. The van der Waals surface area contributed by atoms with E-state index < -0.39 is 15.1 Å². The van der Waals surface area contributed by atoms with Gasteiger partial charge in [-0.15, -0.1) is 6.58 Å². The molecule has 2 N–H and O–H groups in total. The van der Waals surface area contributed by atoms with Crippen LogP contribution in [0.5, 0.6) is 0 Å². The van der Waals surface area contributed by atoms with E-state index >= 15 is 0 Å². The Morgan fingerprint density at radius 2 is 1.75 bits per heavy atom. The smallest absolute Gasteiger partial charge is 0.295 e. The standard InChI is InChI=1S/C6H12O4S.C4H10O/c1-3-5-6(7,4-2)11(8,9)10;1-3-5-4-2/h3,7H,1,4-5H2,2H3,(H,8,9,10);3-4H2,1-2H3. The molecule has 0 aromatic heterocycles. The van der Waals surface area contributed by atoms with Gasteiger partial charge in [0.05, 0.1) is 0 Å². The van der Waals surface area contributed by atoms with Crippen LogP contribution in [0.25, 0.3) is 0 Å². The Kier molecular flexibility index (Phi) is 9.75. The van der Waals surface area contributed by atoms with Gasteiger partial charge in [-0.25, -0.2) is 0 Å². The lowest BCUT2D eigenvalue weighted by molar-refractivity contribution is 0.112. The summed E-state index contributed by atoms with van der Waals surface area (Å²) in [6, 6.07) is 0. The van der Waals surface area contributed by atoms with E-state index in [9.17, 15) is 13.5 Å². The summed E-state index contributed by atoms with van der Waals surface area (Å²) in [4.78, 5) is -2.06. The molecule has 0 bridgehead atoms. The van der Waals surface area contributed by atoms with Crippen LogP contribution in [0.2, 0.25) is 0 Å². The third kappa shape index (κ3) is 6.95. The number of hydrogen-bond donors (Lipinski definition) is 2. The lowest BCUT2D eigenvalue weighted by Crippen LogP contribution is -2.36. The highest BCUT2D eigenvalue weighted by molar-refractivity contribution is 7.87. The third-order valence-electron chi connectivity index (χ3n) is 1.90. The Balaban J connectivity index is 0. The molecule has 0 aliphatic carbocycles. The fourth-order valence-electron chi connectivity index (χ4n) is 0.862. The van der Waals surface area contributed by atoms with Gasteiger partial charge in [0, 0.05) is 19.6 Å². The van der Waals surface area contributed by atoms with E-state index in [1.54, 1.807) is 0 Å². The molecule has 0 spiro atoms. The van der Waals surface area contributed by atoms with Crippen LogP contribution < -0.4 is 0 Å². The van der Waals surface area contributed by atoms with Crippen LogP contribution in [-0.4, -0.2) is 36.2 Å². The minimum absolute atomic E-state index is 0.0577. The highest BCUT2D eigenvalue weighted by atomic mass is 32.2. The summed E-state index contributed by atoms with van der Waals surface area (Å²) in [5.74, 6) is 0. The van der Waals surface area contributed by atoms with Gasteiger partial charge in [0.15, 0.2) is 4.93 Å². The zero-order valence-corrected chi connectivity index (χ0v) is 11.0. The molecule has 0 heterocycles. The Bertz CT molecular complexity index is 271. The first kappa shape index (κ1) is 17.9. The van der Waals surface area contributed by atoms with Crippen molar-refractivity contribution in [3.8, 4) is 0 Å². The molecule has 5 nitrogen and oxygen atoms in total. The topological polar surface area (TPSA) is 83.8 Å². The average Bonchev–Trinajstić information content (AvgIpc) is 2.18. The first-order chi connectivity index (χ1) is 7.29. The van der Waals surface area contributed by atoms with E-state index in [0.29, 0.717) is 0 Å². The molecule has 16 heavy (non-hydrogen) atoms. The maximum atomic E-state index is 10.5. The Morgan fingerprint density at radius 3 is 1.81 bits per heavy atom. The second kappa shape index (κ2) is 8.69. The van der Waals surface area contributed by atoms with Crippen LogP contribution in [0.4, 0.5) is 0 Å². The van der Waals surface area contributed by atoms with Crippen molar-refractivity contribution in [2.24, 2.45) is 0 Å². The van der Waals surface area contributed by atoms with Crippen LogP contribution in [-0.2, 0) is 14.9 Å². The van der Waals surface area contributed by atoms with Crippen molar-refractivity contribution >= 4 is 10.1 Å². The van der Waals surface area contributed by atoms with E-state index in [4.69, 9.17) is 9.29 Å². The summed E-state index contributed by atoms with van der Waals surface area (Å²) in [6.07, 6.45) is 1.03. The van der Waals surface area contributed by atoms with Gasteiger partial charge in [0.1, 0.15) is 0 Å².